The molecule has 3 aliphatic rings. The largest absolute Gasteiger partial charge is 0.452 e. The number of methoxy groups -OCH3 is 1. The lowest BCUT2D eigenvalue weighted by Gasteiger charge is -2.29. The van der Waals surface area contributed by atoms with Crippen molar-refractivity contribution in [3.63, 3.8) is 0 Å². The summed E-state index contributed by atoms with van der Waals surface area (Å²) in [4.78, 5) is 11.1. The molecule has 3 rings (SSSR count). The number of aliphatic hydroxyl groups excluding tert-OH is 1. The summed E-state index contributed by atoms with van der Waals surface area (Å²) in [6.45, 7) is 3.57. The number of carbonyl (C=O) groups is 1. The molecule has 3 heterocycles. The zero-order chi connectivity index (χ0) is 14.5. The quantitative estimate of drug-likeness (QED) is 0.714. The first-order valence-corrected chi connectivity index (χ1v) is 6.52. The third-order valence-corrected chi connectivity index (χ3v) is 3.65. The predicted octanol–water partition coefficient (Wildman–Crippen LogP) is -0.280. The van der Waals surface area contributed by atoms with Gasteiger partial charge in [0.1, 0.15) is 30.5 Å². The maximum Gasteiger partial charge on any atom is 0.331 e. The van der Waals surface area contributed by atoms with Crippen molar-refractivity contribution in [2.45, 2.75) is 56.4 Å². The first-order valence-electron chi connectivity index (χ1n) is 6.52. The Morgan fingerprint density at radius 2 is 2.15 bits per heavy atom. The van der Waals surface area contributed by atoms with Crippen LogP contribution in [0.5, 0.6) is 0 Å². The Morgan fingerprint density at radius 3 is 2.75 bits per heavy atom. The molecule has 0 aromatic carbocycles. The summed E-state index contributed by atoms with van der Waals surface area (Å²) >= 11 is 0. The normalized spacial score (nSPS) is 43.6. The van der Waals surface area contributed by atoms with Crippen LogP contribution in [-0.2, 0) is 28.5 Å². The fraction of sp³-hybridized carbons (Fsp3) is 0.769. The topological polar surface area (TPSA) is 83.5 Å². The van der Waals surface area contributed by atoms with Gasteiger partial charge >= 0.3 is 5.97 Å². The molecule has 0 aromatic rings. The van der Waals surface area contributed by atoms with Crippen LogP contribution in [0.4, 0.5) is 0 Å². The number of hydrogen-bond donors (Lipinski definition) is 1. The Labute approximate surface area is 116 Å². The molecule has 2 fully saturated rings. The molecule has 1 unspecified atom stereocenters. The molecule has 7 heteroatoms. The van der Waals surface area contributed by atoms with Crippen molar-refractivity contribution >= 4 is 5.97 Å². The molecule has 0 amide bonds. The molecule has 112 valence electrons. The van der Waals surface area contributed by atoms with Crippen LogP contribution < -0.4 is 0 Å². The van der Waals surface area contributed by atoms with Crippen molar-refractivity contribution in [2.75, 3.05) is 7.11 Å². The summed E-state index contributed by atoms with van der Waals surface area (Å²) in [7, 11) is 1.52. The molecular formula is C13H18O7. The minimum Gasteiger partial charge on any atom is -0.452 e. The molecule has 0 aromatic heterocycles. The van der Waals surface area contributed by atoms with E-state index in [1.54, 1.807) is 13.8 Å². The second kappa shape index (κ2) is 4.78. The van der Waals surface area contributed by atoms with Crippen LogP contribution in [0.15, 0.2) is 12.2 Å². The molecule has 1 N–H and O–H groups in total. The first kappa shape index (κ1) is 14.0. The van der Waals surface area contributed by atoms with Gasteiger partial charge in [-0.2, -0.15) is 0 Å². The summed E-state index contributed by atoms with van der Waals surface area (Å²) in [5, 5.41) is 10.3. The van der Waals surface area contributed by atoms with Gasteiger partial charge in [0.15, 0.2) is 12.1 Å². The molecule has 20 heavy (non-hydrogen) atoms. The molecule has 6 atom stereocenters. The Bertz CT molecular complexity index is 432. The SMILES string of the molecule is CO[C@@H]1[C@H]2OC(C)(C)O[C@H]2O[C@@H]1C(O)[C@@H]1C=CC(=O)O1. The van der Waals surface area contributed by atoms with Gasteiger partial charge in [0.2, 0.25) is 0 Å². The molecule has 0 radical (unpaired) electrons. The molecule has 0 spiro atoms. The van der Waals surface area contributed by atoms with E-state index in [9.17, 15) is 9.90 Å². The average molecular weight is 286 g/mol. The van der Waals surface area contributed by atoms with Gasteiger partial charge in [-0.3, -0.25) is 0 Å². The summed E-state index contributed by atoms with van der Waals surface area (Å²) in [6, 6.07) is 0. The monoisotopic (exact) mass is 286 g/mol. The molecular weight excluding hydrogens is 268 g/mol. The lowest BCUT2D eigenvalue weighted by atomic mass is 10.0. The van der Waals surface area contributed by atoms with E-state index in [1.165, 1.54) is 19.3 Å². The summed E-state index contributed by atoms with van der Waals surface area (Å²) < 4.78 is 27.4. The van der Waals surface area contributed by atoms with E-state index in [2.05, 4.69) is 0 Å². The van der Waals surface area contributed by atoms with Crippen molar-refractivity contribution < 1.29 is 33.6 Å². The fourth-order valence-corrected chi connectivity index (χ4v) is 2.80. The highest BCUT2D eigenvalue weighted by Crippen LogP contribution is 2.40. The van der Waals surface area contributed by atoms with Crippen molar-refractivity contribution in [3.8, 4) is 0 Å². The number of carbonyl (C=O) groups excluding carboxylic acids is 1. The molecule has 7 nitrogen and oxygen atoms in total. The molecule has 0 bridgehead atoms. The Morgan fingerprint density at radius 1 is 1.40 bits per heavy atom. The van der Waals surface area contributed by atoms with Crippen molar-refractivity contribution in [2.24, 2.45) is 0 Å². The highest BCUT2D eigenvalue weighted by atomic mass is 16.8. The van der Waals surface area contributed by atoms with E-state index in [-0.39, 0.29) is 0 Å². The van der Waals surface area contributed by atoms with Crippen LogP contribution in [0.2, 0.25) is 0 Å². The Balaban J connectivity index is 1.72. The summed E-state index contributed by atoms with van der Waals surface area (Å²) in [6.07, 6.45) is -1.20. The van der Waals surface area contributed by atoms with Crippen LogP contribution >= 0.6 is 0 Å². The van der Waals surface area contributed by atoms with Crippen LogP contribution in [0.3, 0.4) is 0 Å². The number of aliphatic hydroxyl groups is 1. The van der Waals surface area contributed by atoms with Gasteiger partial charge in [0.25, 0.3) is 0 Å². The lowest BCUT2D eigenvalue weighted by Crippen LogP contribution is -2.46. The first-order chi connectivity index (χ1) is 9.41. The maximum absolute atomic E-state index is 11.1. The van der Waals surface area contributed by atoms with E-state index in [0.717, 1.165) is 0 Å². The molecule has 2 saturated heterocycles. The van der Waals surface area contributed by atoms with E-state index in [1.807, 2.05) is 0 Å². The van der Waals surface area contributed by atoms with E-state index in [0.29, 0.717) is 0 Å². The minimum atomic E-state index is -1.04. The lowest BCUT2D eigenvalue weighted by molar-refractivity contribution is -0.232. The number of esters is 1. The number of hydrogen-bond acceptors (Lipinski definition) is 7. The van der Waals surface area contributed by atoms with Crippen molar-refractivity contribution in [1.29, 1.82) is 0 Å². The predicted molar refractivity (Wildman–Crippen MR) is 64.5 cm³/mol. The number of rotatable bonds is 3. The van der Waals surface area contributed by atoms with Gasteiger partial charge < -0.3 is 28.8 Å². The van der Waals surface area contributed by atoms with Crippen molar-refractivity contribution in [1.82, 2.24) is 0 Å². The highest BCUT2D eigenvalue weighted by Gasteiger charge is 2.57. The van der Waals surface area contributed by atoms with Gasteiger partial charge in [0, 0.05) is 13.2 Å². The summed E-state index contributed by atoms with van der Waals surface area (Å²) in [5.74, 6) is -1.23. The fourth-order valence-electron chi connectivity index (χ4n) is 2.80. The van der Waals surface area contributed by atoms with Crippen LogP contribution in [0.25, 0.3) is 0 Å². The van der Waals surface area contributed by atoms with Crippen molar-refractivity contribution in [3.05, 3.63) is 12.2 Å². The maximum atomic E-state index is 11.1. The zero-order valence-electron chi connectivity index (χ0n) is 11.5. The average Bonchev–Trinajstić information content (AvgIpc) is 3.00. The van der Waals surface area contributed by atoms with Gasteiger partial charge in [-0.1, -0.05) is 0 Å². The van der Waals surface area contributed by atoms with E-state index in [4.69, 9.17) is 23.7 Å². The van der Waals surface area contributed by atoms with Crippen LogP contribution in [0, 0.1) is 0 Å². The molecule has 3 aliphatic heterocycles. The number of fused-ring (bicyclic) bond motifs is 1. The second-order valence-corrected chi connectivity index (χ2v) is 5.52. The third-order valence-electron chi connectivity index (χ3n) is 3.65. The van der Waals surface area contributed by atoms with Gasteiger partial charge in [0.05, 0.1) is 0 Å². The molecule has 0 aliphatic carbocycles. The Hall–Kier alpha value is -0.990. The van der Waals surface area contributed by atoms with Gasteiger partial charge in [-0.05, 0) is 19.9 Å². The standard InChI is InChI=1S/C13H18O7/c1-13(2)19-11-10(16-3)9(18-12(11)20-13)8(15)6-4-5-7(14)17-6/h4-6,8-12,15H,1-3H3/t6-,8?,9+,10-,11+,12+/m0/s1. The van der Waals surface area contributed by atoms with Gasteiger partial charge in [-0.15, -0.1) is 0 Å². The zero-order valence-corrected chi connectivity index (χ0v) is 11.5. The van der Waals surface area contributed by atoms with E-state index >= 15 is 0 Å². The minimum absolute atomic E-state index is 0.421. The number of cyclic esters (lactones) is 1. The number of ether oxygens (including phenoxy) is 5. The summed E-state index contributed by atoms with van der Waals surface area (Å²) in [5.41, 5.74) is 0. The highest BCUT2D eigenvalue weighted by molar-refractivity contribution is 5.84. The second-order valence-electron chi connectivity index (χ2n) is 5.52. The third kappa shape index (κ3) is 2.25. The smallest absolute Gasteiger partial charge is 0.331 e. The van der Waals surface area contributed by atoms with Gasteiger partial charge in [-0.25, -0.2) is 4.79 Å². The Kier molecular flexibility index (Phi) is 3.34. The van der Waals surface area contributed by atoms with Crippen LogP contribution in [-0.4, -0.2) is 60.8 Å². The van der Waals surface area contributed by atoms with Crippen LogP contribution in [0.1, 0.15) is 13.8 Å². The van der Waals surface area contributed by atoms with E-state index < -0.39 is 48.6 Å². The molecule has 0 saturated carbocycles.